The van der Waals surface area contributed by atoms with Crippen molar-refractivity contribution in [3.05, 3.63) is 47.5 Å². The molecule has 3 aliphatic heterocycles. The number of benzene rings is 1. The van der Waals surface area contributed by atoms with Gasteiger partial charge in [-0.05, 0) is 68.3 Å². The number of hydrogen-bond donors (Lipinski definition) is 0. The first-order valence-electron chi connectivity index (χ1n) is 9.73. The van der Waals surface area contributed by atoms with Crippen LogP contribution in [0.5, 0.6) is 0 Å². The molecule has 0 amide bonds. The van der Waals surface area contributed by atoms with Crippen LogP contribution in [-0.4, -0.2) is 37.6 Å². The minimum atomic E-state index is -0.142. The third-order valence-electron chi connectivity index (χ3n) is 5.66. The van der Waals surface area contributed by atoms with Crippen LogP contribution in [0.15, 0.2) is 30.9 Å². The Bertz CT molecular complexity index is 705. The molecular weight excluding hydrogens is 322 g/mol. The number of carbonyl (C=O) groups excluding carboxylic acids is 1. The molecule has 3 heteroatoms. The van der Waals surface area contributed by atoms with Crippen molar-refractivity contribution < 1.29 is 9.53 Å². The van der Waals surface area contributed by atoms with Crippen LogP contribution in [0.3, 0.4) is 0 Å². The van der Waals surface area contributed by atoms with Crippen LogP contribution in [0.1, 0.15) is 42.4 Å². The summed E-state index contributed by atoms with van der Waals surface area (Å²) in [6.07, 6.45) is 7.53. The molecule has 3 nitrogen and oxygen atoms in total. The molecule has 3 aliphatic rings. The molecule has 26 heavy (non-hydrogen) atoms. The highest BCUT2D eigenvalue weighted by Gasteiger charge is 2.32. The summed E-state index contributed by atoms with van der Waals surface area (Å²) < 4.78 is 4.71. The van der Waals surface area contributed by atoms with Crippen molar-refractivity contribution in [1.82, 2.24) is 4.90 Å². The Morgan fingerprint density at radius 2 is 2.19 bits per heavy atom. The summed E-state index contributed by atoms with van der Waals surface area (Å²) in [4.78, 5) is 13.8. The van der Waals surface area contributed by atoms with E-state index in [0.29, 0.717) is 12.3 Å². The maximum Gasteiger partial charge on any atom is 0.305 e. The molecule has 0 spiro atoms. The molecule has 1 unspecified atom stereocenters. The molecule has 2 bridgehead atoms. The molecule has 1 atom stereocenters. The van der Waals surface area contributed by atoms with Crippen LogP contribution < -0.4 is 0 Å². The summed E-state index contributed by atoms with van der Waals surface area (Å²) in [7, 11) is 1.44. The molecule has 0 aliphatic carbocycles. The van der Waals surface area contributed by atoms with Crippen LogP contribution in [-0.2, 0) is 22.4 Å². The Balaban J connectivity index is 1.68. The van der Waals surface area contributed by atoms with Crippen LogP contribution in [0.4, 0.5) is 0 Å². The van der Waals surface area contributed by atoms with Crippen molar-refractivity contribution in [3.8, 4) is 11.8 Å². The number of nitrogens with zero attached hydrogens (tertiary/aromatic N) is 1. The van der Waals surface area contributed by atoms with Crippen LogP contribution >= 0.6 is 0 Å². The number of rotatable bonds is 6. The van der Waals surface area contributed by atoms with E-state index in [9.17, 15) is 4.79 Å². The third kappa shape index (κ3) is 4.77. The van der Waals surface area contributed by atoms with Gasteiger partial charge in [0.05, 0.1) is 7.11 Å². The highest BCUT2D eigenvalue weighted by atomic mass is 16.5. The van der Waals surface area contributed by atoms with Crippen molar-refractivity contribution >= 4 is 5.97 Å². The Labute approximate surface area is 157 Å². The van der Waals surface area contributed by atoms with Crippen LogP contribution in [0, 0.1) is 23.7 Å². The number of ether oxygens (including phenoxy) is 1. The van der Waals surface area contributed by atoms with Gasteiger partial charge in [0.15, 0.2) is 0 Å². The zero-order chi connectivity index (χ0) is 18.4. The number of aryl methyl sites for hydroxylation is 1. The molecule has 0 aromatic heterocycles. The maximum atomic E-state index is 11.3. The van der Waals surface area contributed by atoms with Gasteiger partial charge in [-0.3, -0.25) is 4.79 Å². The summed E-state index contributed by atoms with van der Waals surface area (Å²) in [5, 5.41) is 0. The number of methoxy groups -OCH3 is 1. The molecule has 3 heterocycles. The maximum absolute atomic E-state index is 11.3. The number of allylic oxidation sites excluding steroid dienone is 1. The number of hydrogen-bond acceptors (Lipinski definition) is 3. The van der Waals surface area contributed by atoms with Crippen molar-refractivity contribution in [2.45, 2.75) is 38.5 Å². The van der Waals surface area contributed by atoms with E-state index in [-0.39, 0.29) is 5.97 Å². The van der Waals surface area contributed by atoms with Gasteiger partial charge in [-0.25, -0.2) is 0 Å². The van der Waals surface area contributed by atoms with Crippen LogP contribution in [0.25, 0.3) is 0 Å². The van der Waals surface area contributed by atoms with Crippen molar-refractivity contribution in [2.24, 2.45) is 11.8 Å². The number of fused-ring (bicyclic) bond motifs is 3. The topological polar surface area (TPSA) is 29.5 Å². The third-order valence-corrected chi connectivity index (χ3v) is 5.66. The largest absolute Gasteiger partial charge is 0.469 e. The lowest BCUT2D eigenvalue weighted by Gasteiger charge is -2.42. The van der Waals surface area contributed by atoms with Gasteiger partial charge in [0.2, 0.25) is 0 Å². The molecule has 4 rings (SSSR count). The molecule has 3 fully saturated rings. The van der Waals surface area contributed by atoms with E-state index in [4.69, 9.17) is 4.74 Å². The Morgan fingerprint density at radius 1 is 1.38 bits per heavy atom. The first kappa shape index (κ1) is 18.7. The predicted octanol–water partition coefficient (Wildman–Crippen LogP) is 3.60. The fraction of sp³-hybridized carbons (Fsp3) is 0.522. The Kier molecular flexibility index (Phi) is 6.52. The van der Waals surface area contributed by atoms with Crippen molar-refractivity contribution in [3.63, 3.8) is 0 Å². The van der Waals surface area contributed by atoms with E-state index in [0.717, 1.165) is 37.3 Å². The van der Waals surface area contributed by atoms with Crippen molar-refractivity contribution in [2.75, 3.05) is 26.7 Å². The predicted molar refractivity (Wildman–Crippen MR) is 105 cm³/mol. The minimum absolute atomic E-state index is 0.142. The minimum Gasteiger partial charge on any atom is -0.469 e. The second-order valence-corrected chi connectivity index (χ2v) is 7.43. The molecule has 1 aromatic carbocycles. The lowest BCUT2D eigenvalue weighted by atomic mass is 9.79. The average molecular weight is 351 g/mol. The summed E-state index contributed by atoms with van der Waals surface area (Å²) in [5.41, 5.74) is 3.61. The van der Waals surface area contributed by atoms with Gasteiger partial charge in [0.1, 0.15) is 0 Å². The zero-order valence-corrected chi connectivity index (χ0v) is 15.8. The first-order chi connectivity index (χ1) is 12.7. The smallest absolute Gasteiger partial charge is 0.305 e. The van der Waals surface area contributed by atoms with Gasteiger partial charge in [-0.1, -0.05) is 30.0 Å². The van der Waals surface area contributed by atoms with Gasteiger partial charge in [0.25, 0.3) is 0 Å². The SMILES string of the molecule is C=CCc1cc(CCCC(=O)OC)ccc1C#CC1CN2CCC1CC2. The highest BCUT2D eigenvalue weighted by Crippen LogP contribution is 2.31. The zero-order valence-electron chi connectivity index (χ0n) is 15.8. The normalized spacial score (nSPS) is 23.8. The lowest BCUT2D eigenvalue weighted by molar-refractivity contribution is -0.140. The van der Waals surface area contributed by atoms with Crippen LogP contribution in [0.2, 0.25) is 0 Å². The molecule has 3 saturated heterocycles. The number of esters is 1. The van der Waals surface area contributed by atoms with Gasteiger partial charge in [0, 0.05) is 24.4 Å². The van der Waals surface area contributed by atoms with Gasteiger partial charge >= 0.3 is 5.97 Å². The van der Waals surface area contributed by atoms with Gasteiger partial charge in [-0.15, -0.1) is 6.58 Å². The molecule has 1 aromatic rings. The fourth-order valence-electron chi connectivity index (χ4n) is 4.09. The molecule has 0 radical (unpaired) electrons. The number of carbonyl (C=O) groups is 1. The van der Waals surface area contributed by atoms with E-state index < -0.39 is 0 Å². The lowest BCUT2D eigenvalue weighted by Crippen LogP contribution is -2.46. The van der Waals surface area contributed by atoms with E-state index >= 15 is 0 Å². The van der Waals surface area contributed by atoms with Gasteiger partial charge in [-0.2, -0.15) is 0 Å². The van der Waals surface area contributed by atoms with E-state index in [1.807, 2.05) is 6.08 Å². The summed E-state index contributed by atoms with van der Waals surface area (Å²) in [5.74, 6) is 8.20. The highest BCUT2D eigenvalue weighted by molar-refractivity contribution is 5.69. The molecule has 138 valence electrons. The Hall–Kier alpha value is -2.05. The Morgan fingerprint density at radius 3 is 2.85 bits per heavy atom. The summed E-state index contributed by atoms with van der Waals surface area (Å²) in [6, 6.07) is 6.50. The standard InChI is InChI=1S/C23H29NO2/c1-3-5-21-16-18(6-4-7-23(25)26-2)8-9-19(21)10-11-22-17-24-14-12-20(22)13-15-24/h3,8-9,16,20,22H,1,4-7,12-15,17H2,2H3. The second kappa shape index (κ2) is 9.05. The first-order valence-corrected chi connectivity index (χ1v) is 9.73. The fourth-order valence-corrected chi connectivity index (χ4v) is 4.09. The quantitative estimate of drug-likeness (QED) is 0.445. The second-order valence-electron chi connectivity index (χ2n) is 7.43. The number of piperidine rings is 3. The van der Waals surface area contributed by atoms with E-state index in [1.165, 1.54) is 44.2 Å². The summed E-state index contributed by atoms with van der Waals surface area (Å²) >= 11 is 0. The molecule has 0 N–H and O–H groups in total. The van der Waals surface area contributed by atoms with Crippen molar-refractivity contribution in [1.29, 1.82) is 0 Å². The van der Waals surface area contributed by atoms with E-state index in [2.05, 4.69) is 41.5 Å². The monoisotopic (exact) mass is 351 g/mol. The van der Waals surface area contributed by atoms with Gasteiger partial charge < -0.3 is 9.64 Å². The molecule has 0 saturated carbocycles. The summed E-state index contributed by atoms with van der Waals surface area (Å²) in [6.45, 7) is 7.54. The average Bonchev–Trinajstić information content (AvgIpc) is 2.68. The molecular formula is C23H29NO2. The van der Waals surface area contributed by atoms with E-state index in [1.54, 1.807) is 0 Å².